The van der Waals surface area contributed by atoms with Gasteiger partial charge in [0.05, 0.1) is 6.61 Å². The Kier molecular flexibility index (Phi) is 6.16. The van der Waals surface area contributed by atoms with Gasteiger partial charge in [0.15, 0.2) is 6.29 Å². The molecule has 0 spiro atoms. The first kappa shape index (κ1) is 21.6. The van der Waals surface area contributed by atoms with E-state index in [1.165, 1.54) is 7.11 Å². The molecule has 0 amide bonds. The smallest absolute Gasteiger partial charge is 0.184 e. The van der Waals surface area contributed by atoms with Crippen LogP contribution in [0, 0.1) is 18.3 Å². The number of nitrogens with zero attached hydrogens (tertiary/aromatic N) is 5. The molecule has 2 fully saturated rings. The third kappa shape index (κ3) is 3.66. The Bertz CT molecular complexity index is 1040. The largest absolute Gasteiger partial charge is 0.377 e. The Labute approximate surface area is 184 Å². The number of hydrogen-bond donors (Lipinski definition) is 1. The van der Waals surface area contributed by atoms with Crippen LogP contribution in [-0.4, -0.2) is 42.4 Å². The molecule has 9 nitrogen and oxygen atoms in total. The molecule has 6 atom stereocenters. The highest BCUT2D eigenvalue weighted by atomic mass is 32.1. The summed E-state index contributed by atoms with van der Waals surface area (Å²) in [4.78, 5) is 7.39. The molecular weight excluding hydrogens is 418 g/mol. The van der Waals surface area contributed by atoms with Crippen molar-refractivity contribution < 1.29 is 18.9 Å². The first-order valence-electron chi connectivity index (χ1n) is 9.67. The van der Waals surface area contributed by atoms with E-state index in [4.69, 9.17) is 18.9 Å². The number of benzene rings is 1. The normalized spacial score (nSPS) is 32.4. The summed E-state index contributed by atoms with van der Waals surface area (Å²) in [5.74, 6) is 0. The van der Waals surface area contributed by atoms with Gasteiger partial charge >= 0.3 is 0 Å². The zero-order valence-electron chi connectivity index (χ0n) is 17.0. The lowest BCUT2D eigenvalue weighted by molar-refractivity contribution is -0.317. The highest BCUT2D eigenvalue weighted by Crippen LogP contribution is 2.49. The first-order valence-corrected chi connectivity index (χ1v) is 10.2. The number of pyridine rings is 1. The van der Waals surface area contributed by atoms with E-state index >= 15 is 0 Å². The average Bonchev–Trinajstić information content (AvgIpc) is 2.79. The quantitative estimate of drug-likeness (QED) is 0.336. The Morgan fingerprint density at radius 2 is 2.13 bits per heavy atom. The van der Waals surface area contributed by atoms with Gasteiger partial charge < -0.3 is 18.9 Å². The van der Waals surface area contributed by atoms with Gasteiger partial charge in [-0.05, 0) is 18.0 Å². The Morgan fingerprint density at radius 3 is 2.81 bits per heavy atom. The number of aromatic nitrogens is 1. The minimum Gasteiger partial charge on any atom is -0.377 e. The van der Waals surface area contributed by atoms with Gasteiger partial charge in [-0.2, -0.15) is 5.26 Å². The lowest BCUT2D eigenvalue weighted by Crippen LogP contribution is -2.66. The van der Waals surface area contributed by atoms with Crippen molar-refractivity contribution in [2.24, 2.45) is 5.11 Å². The van der Waals surface area contributed by atoms with Gasteiger partial charge in [-0.15, -0.1) is 12.6 Å². The van der Waals surface area contributed by atoms with Crippen LogP contribution in [0.2, 0.25) is 0 Å². The van der Waals surface area contributed by atoms with Crippen molar-refractivity contribution in [3.05, 3.63) is 75.4 Å². The lowest BCUT2D eigenvalue weighted by Gasteiger charge is -2.53. The molecule has 3 heterocycles. The first-order chi connectivity index (χ1) is 15.0. The van der Waals surface area contributed by atoms with Crippen molar-refractivity contribution in [3.63, 3.8) is 0 Å². The third-order valence-electron chi connectivity index (χ3n) is 5.56. The van der Waals surface area contributed by atoms with E-state index in [1.54, 1.807) is 12.3 Å². The fourth-order valence-electron chi connectivity index (χ4n) is 4.25. The van der Waals surface area contributed by atoms with Crippen molar-refractivity contribution in [2.45, 2.75) is 42.5 Å². The van der Waals surface area contributed by atoms with E-state index in [0.717, 1.165) is 11.1 Å². The summed E-state index contributed by atoms with van der Waals surface area (Å²) in [5.41, 5.74) is 9.50. The molecule has 2 aromatic rings. The fraction of sp³-hybridized carbons (Fsp3) is 0.429. The Morgan fingerprint density at radius 1 is 1.35 bits per heavy atom. The second kappa shape index (κ2) is 8.85. The number of nitriles is 1. The summed E-state index contributed by atoms with van der Waals surface area (Å²) in [7, 11) is 1.47. The number of ether oxygens (including phenoxy) is 4. The summed E-state index contributed by atoms with van der Waals surface area (Å²) >= 11 is 4.55. The van der Waals surface area contributed by atoms with Gasteiger partial charge in [0.1, 0.15) is 41.0 Å². The second-order valence-electron chi connectivity index (χ2n) is 7.39. The van der Waals surface area contributed by atoms with Gasteiger partial charge in [0.25, 0.3) is 0 Å². The highest BCUT2D eigenvalue weighted by molar-refractivity contribution is 7.80. The van der Waals surface area contributed by atoms with Crippen LogP contribution >= 0.6 is 12.6 Å². The maximum Gasteiger partial charge on any atom is 0.184 e. The van der Waals surface area contributed by atoms with E-state index in [2.05, 4.69) is 33.7 Å². The molecule has 0 radical (unpaired) electrons. The molecule has 0 aliphatic carbocycles. The number of rotatable bonds is 4. The molecule has 2 unspecified atom stereocenters. The van der Waals surface area contributed by atoms with Crippen LogP contribution in [0.4, 0.5) is 0 Å². The topological polar surface area (TPSA) is 122 Å². The van der Waals surface area contributed by atoms with Crippen LogP contribution in [0.3, 0.4) is 0 Å². The maximum atomic E-state index is 9.77. The van der Waals surface area contributed by atoms with Crippen LogP contribution < -0.4 is 0 Å². The second-order valence-corrected chi connectivity index (χ2v) is 7.90. The van der Waals surface area contributed by atoms with Crippen molar-refractivity contribution in [3.8, 4) is 6.07 Å². The third-order valence-corrected chi connectivity index (χ3v) is 5.95. The molecule has 2 aliphatic rings. The van der Waals surface area contributed by atoms with Crippen LogP contribution in [0.15, 0.2) is 47.7 Å². The van der Waals surface area contributed by atoms with Gasteiger partial charge in [0, 0.05) is 29.3 Å². The summed E-state index contributed by atoms with van der Waals surface area (Å²) in [6.45, 7) is 2.03. The van der Waals surface area contributed by atoms with Crippen LogP contribution in [-0.2, 0) is 24.5 Å². The highest BCUT2D eigenvalue weighted by Gasteiger charge is 2.61. The van der Waals surface area contributed by atoms with E-state index in [0.29, 0.717) is 5.56 Å². The average molecular weight is 439 g/mol. The SMILES string of the molecule is CO[C@H]1[C@@H](S)O[C@@H]2COC(c3ccccc3)O[C@@H]2C1(N=[N+]=[N-])c1cc(C)cnc1C#N. The summed E-state index contributed by atoms with van der Waals surface area (Å²) in [6.07, 6.45) is -1.40. The molecule has 2 saturated heterocycles. The summed E-state index contributed by atoms with van der Waals surface area (Å²) < 4.78 is 24.0. The molecule has 160 valence electrons. The van der Waals surface area contributed by atoms with Gasteiger partial charge in [-0.25, -0.2) is 4.98 Å². The molecule has 0 saturated carbocycles. The molecule has 1 aromatic heterocycles. The standard InChI is InChI=1S/C21H21N5O4S/c1-12-8-14(15(9-22)24-10-12)21(25-26-23)17-16(29-20(31)18(21)27-2)11-28-19(30-17)13-6-4-3-5-7-13/h3-8,10,16-20,31H,11H2,1-2H3/t16-,17+,18+,19?,20-,21?/m1/s1. The molecule has 10 heteroatoms. The van der Waals surface area contributed by atoms with Gasteiger partial charge in [-0.3, -0.25) is 0 Å². The van der Waals surface area contributed by atoms with Crippen LogP contribution in [0.1, 0.15) is 28.7 Å². The number of methoxy groups -OCH3 is 1. The molecule has 4 rings (SSSR count). The molecule has 2 aliphatic heterocycles. The number of azide groups is 1. The zero-order chi connectivity index (χ0) is 22.0. The van der Waals surface area contributed by atoms with Crippen molar-refractivity contribution in [1.82, 2.24) is 4.98 Å². The predicted molar refractivity (Wildman–Crippen MR) is 113 cm³/mol. The van der Waals surface area contributed by atoms with E-state index in [9.17, 15) is 10.8 Å². The fourth-order valence-corrected chi connectivity index (χ4v) is 4.76. The Balaban J connectivity index is 1.91. The molecule has 0 N–H and O–H groups in total. The van der Waals surface area contributed by atoms with Crippen molar-refractivity contribution >= 4 is 12.6 Å². The number of aryl methyl sites for hydroxylation is 1. The molecule has 1 aromatic carbocycles. The van der Waals surface area contributed by atoms with Crippen LogP contribution in [0.5, 0.6) is 0 Å². The van der Waals surface area contributed by atoms with Gasteiger partial charge in [0.2, 0.25) is 0 Å². The van der Waals surface area contributed by atoms with E-state index < -0.39 is 35.6 Å². The van der Waals surface area contributed by atoms with E-state index in [-0.39, 0.29) is 12.3 Å². The predicted octanol–water partition coefficient (Wildman–Crippen LogP) is 3.55. The monoisotopic (exact) mass is 439 g/mol. The molecule has 31 heavy (non-hydrogen) atoms. The van der Waals surface area contributed by atoms with E-state index in [1.807, 2.05) is 37.3 Å². The molecular formula is C21H21N5O4S. The summed E-state index contributed by atoms with van der Waals surface area (Å²) in [5, 5.41) is 14.0. The summed E-state index contributed by atoms with van der Waals surface area (Å²) in [6, 6.07) is 13.3. The maximum absolute atomic E-state index is 9.77. The number of thiol groups is 1. The van der Waals surface area contributed by atoms with Crippen molar-refractivity contribution in [1.29, 1.82) is 5.26 Å². The molecule has 0 bridgehead atoms. The zero-order valence-corrected chi connectivity index (χ0v) is 17.8. The Hall–Kier alpha value is -2.64. The minimum atomic E-state index is -1.46. The lowest BCUT2D eigenvalue weighted by atomic mass is 9.74. The van der Waals surface area contributed by atoms with Crippen LogP contribution in [0.25, 0.3) is 10.4 Å². The minimum absolute atomic E-state index is 0.118. The van der Waals surface area contributed by atoms with Crippen molar-refractivity contribution in [2.75, 3.05) is 13.7 Å². The number of hydrogen-bond acceptors (Lipinski definition) is 8. The van der Waals surface area contributed by atoms with Gasteiger partial charge in [-0.1, -0.05) is 41.5 Å². The number of fused-ring (bicyclic) bond motifs is 1.